The summed E-state index contributed by atoms with van der Waals surface area (Å²) in [6, 6.07) is 17.6. The van der Waals surface area contributed by atoms with E-state index in [-0.39, 0.29) is 11.6 Å². The van der Waals surface area contributed by atoms with Crippen molar-refractivity contribution in [2.24, 2.45) is 7.05 Å². The van der Waals surface area contributed by atoms with Gasteiger partial charge in [-0.05, 0) is 36.4 Å². The van der Waals surface area contributed by atoms with Gasteiger partial charge in [-0.1, -0.05) is 56.1 Å². The van der Waals surface area contributed by atoms with Crippen LogP contribution < -0.4 is 0 Å². The van der Waals surface area contributed by atoms with Crippen LogP contribution >= 0.6 is 31.9 Å². The zero-order valence-corrected chi connectivity index (χ0v) is 21.2. The van der Waals surface area contributed by atoms with Gasteiger partial charge in [-0.15, -0.1) is 0 Å². The molecule has 0 saturated heterocycles. The van der Waals surface area contributed by atoms with E-state index in [2.05, 4.69) is 52.0 Å². The fourth-order valence-corrected chi connectivity index (χ4v) is 4.03. The number of benzene rings is 2. The summed E-state index contributed by atoms with van der Waals surface area (Å²) in [4.78, 5) is 8.30. The molecule has 5 rings (SSSR count). The standard InChI is InChI=1S/C24H15Br2F3N6/c1-34-13-16(12-30-34)19-11-22(24(27,28)29)32-23(31-19)35-21(15-4-8-18(26)9-5-15)10-20(33-35)14-2-6-17(25)7-3-14/h2-13H,1H3. The molecule has 0 aliphatic heterocycles. The van der Waals surface area contributed by atoms with E-state index >= 15 is 0 Å². The average Bonchev–Trinajstić information content (AvgIpc) is 3.46. The fraction of sp³-hybridized carbons (Fsp3) is 0.0833. The van der Waals surface area contributed by atoms with Gasteiger partial charge in [0.1, 0.15) is 0 Å². The topological polar surface area (TPSA) is 61.4 Å². The first-order valence-electron chi connectivity index (χ1n) is 10.2. The first-order valence-corrected chi connectivity index (χ1v) is 11.8. The first-order chi connectivity index (χ1) is 16.7. The Morgan fingerprint density at radius 1 is 0.771 bits per heavy atom. The molecule has 0 N–H and O–H groups in total. The van der Waals surface area contributed by atoms with Crippen molar-refractivity contribution in [3.8, 4) is 39.7 Å². The van der Waals surface area contributed by atoms with Crippen LogP contribution in [0.25, 0.3) is 39.7 Å². The van der Waals surface area contributed by atoms with Gasteiger partial charge in [0.15, 0.2) is 5.69 Å². The Balaban J connectivity index is 1.74. The summed E-state index contributed by atoms with van der Waals surface area (Å²) in [6.07, 6.45) is -1.62. The number of rotatable bonds is 4. The van der Waals surface area contributed by atoms with Crippen molar-refractivity contribution in [1.29, 1.82) is 0 Å². The van der Waals surface area contributed by atoms with Crippen LogP contribution in [0.4, 0.5) is 13.2 Å². The highest BCUT2D eigenvalue weighted by atomic mass is 79.9. The molecule has 176 valence electrons. The smallest absolute Gasteiger partial charge is 0.275 e. The minimum Gasteiger partial charge on any atom is -0.275 e. The van der Waals surface area contributed by atoms with Crippen LogP contribution in [0.2, 0.25) is 0 Å². The van der Waals surface area contributed by atoms with Crippen molar-refractivity contribution in [2.45, 2.75) is 6.18 Å². The summed E-state index contributed by atoms with van der Waals surface area (Å²) in [5, 5.41) is 8.67. The average molecular weight is 604 g/mol. The lowest BCUT2D eigenvalue weighted by Gasteiger charge is -2.12. The van der Waals surface area contributed by atoms with Crippen LogP contribution in [0, 0.1) is 0 Å². The molecule has 0 bridgehead atoms. The van der Waals surface area contributed by atoms with Gasteiger partial charge in [-0.25, -0.2) is 9.97 Å². The maximum atomic E-state index is 13.8. The first kappa shape index (κ1) is 23.4. The maximum absolute atomic E-state index is 13.8. The van der Waals surface area contributed by atoms with E-state index in [0.717, 1.165) is 26.1 Å². The molecule has 0 radical (unpaired) electrons. The highest BCUT2D eigenvalue weighted by molar-refractivity contribution is 9.10. The zero-order chi connectivity index (χ0) is 24.7. The summed E-state index contributed by atoms with van der Waals surface area (Å²) in [5.41, 5.74) is 2.12. The lowest BCUT2D eigenvalue weighted by atomic mass is 10.1. The second kappa shape index (κ2) is 9.04. The molecule has 3 heterocycles. The molecule has 3 aromatic heterocycles. The van der Waals surface area contributed by atoms with E-state index < -0.39 is 11.9 Å². The number of aryl methyl sites for hydroxylation is 1. The molecule has 0 aliphatic rings. The molecule has 0 aliphatic carbocycles. The van der Waals surface area contributed by atoms with Crippen molar-refractivity contribution < 1.29 is 13.2 Å². The normalized spacial score (nSPS) is 11.7. The Bertz CT molecular complexity index is 1510. The molecule has 0 fully saturated rings. The molecule has 2 aromatic carbocycles. The molecular weight excluding hydrogens is 589 g/mol. The van der Waals surface area contributed by atoms with Gasteiger partial charge in [0.25, 0.3) is 5.95 Å². The summed E-state index contributed by atoms with van der Waals surface area (Å²) in [7, 11) is 1.68. The molecule has 0 unspecified atom stereocenters. The highest BCUT2D eigenvalue weighted by Crippen LogP contribution is 2.33. The predicted octanol–water partition coefficient (Wildman–Crippen LogP) is 6.94. The number of hydrogen-bond acceptors (Lipinski definition) is 4. The van der Waals surface area contributed by atoms with Crippen LogP contribution in [0.5, 0.6) is 0 Å². The van der Waals surface area contributed by atoms with Gasteiger partial charge >= 0.3 is 6.18 Å². The van der Waals surface area contributed by atoms with Crippen molar-refractivity contribution in [3.63, 3.8) is 0 Å². The zero-order valence-electron chi connectivity index (χ0n) is 18.0. The Labute approximate surface area is 214 Å². The lowest BCUT2D eigenvalue weighted by molar-refractivity contribution is -0.141. The minimum absolute atomic E-state index is 0.0953. The van der Waals surface area contributed by atoms with Gasteiger partial charge in [0, 0.05) is 38.9 Å². The lowest BCUT2D eigenvalue weighted by Crippen LogP contribution is -2.14. The molecule has 0 spiro atoms. The van der Waals surface area contributed by atoms with E-state index in [1.165, 1.54) is 15.6 Å². The van der Waals surface area contributed by atoms with Gasteiger partial charge in [-0.2, -0.15) is 28.1 Å². The summed E-state index contributed by atoms with van der Waals surface area (Å²) in [5.74, 6) is -0.194. The Morgan fingerprint density at radius 3 is 1.97 bits per heavy atom. The quantitative estimate of drug-likeness (QED) is 0.223. The number of nitrogens with zero attached hydrogens (tertiary/aromatic N) is 6. The molecular formula is C24H15Br2F3N6. The van der Waals surface area contributed by atoms with Crippen LogP contribution in [-0.2, 0) is 13.2 Å². The van der Waals surface area contributed by atoms with Gasteiger partial charge in [0.2, 0.25) is 0 Å². The molecule has 0 atom stereocenters. The van der Waals surface area contributed by atoms with E-state index in [4.69, 9.17) is 0 Å². The molecule has 5 aromatic rings. The van der Waals surface area contributed by atoms with Crippen molar-refractivity contribution >= 4 is 31.9 Å². The summed E-state index contributed by atoms with van der Waals surface area (Å²) < 4.78 is 46.0. The Morgan fingerprint density at radius 2 is 1.40 bits per heavy atom. The Hall–Kier alpha value is -3.31. The number of halogens is 5. The molecule has 6 nitrogen and oxygen atoms in total. The van der Waals surface area contributed by atoms with Gasteiger partial charge in [-0.3, -0.25) is 4.68 Å². The van der Waals surface area contributed by atoms with Crippen molar-refractivity contribution in [1.82, 2.24) is 29.5 Å². The summed E-state index contributed by atoms with van der Waals surface area (Å²) >= 11 is 6.83. The van der Waals surface area contributed by atoms with Gasteiger partial charge < -0.3 is 0 Å². The monoisotopic (exact) mass is 602 g/mol. The second-order valence-electron chi connectivity index (χ2n) is 7.68. The number of hydrogen-bond donors (Lipinski definition) is 0. The Kier molecular flexibility index (Phi) is 6.06. The van der Waals surface area contributed by atoms with E-state index in [0.29, 0.717) is 17.0 Å². The SMILES string of the molecule is Cn1cc(-c2cc(C(F)(F)F)nc(-n3nc(-c4ccc(Br)cc4)cc3-c3ccc(Br)cc3)n2)cn1. The van der Waals surface area contributed by atoms with Crippen molar-refractivity contribution in [3.05, 3.63) is 87.7 Å². The third-order valence-corrected chi connectivity index (χ3v) is 6.24. The number of aromatic nitrogens is 6. The maximum Gasteiger partial charge on any atom is 0.433 e. The minimum atomic E-state index is -4.67. The van der Waals surface area contributed by atoms with Crippen LogP contribution in [0.15, 0.2) is 82.0 Å². The predicted molar refractivity (Wildman–Crippen MR) is 133 cm³/mol. The molecule has 11 heteroatoms. The van der Waals surface area contributed by atoms with Crippen LogP contribution in [0.3, 0.4) is 0 Å². The summed E-state index contributed by atoms with van der Waals surface area (Å²) in [6.45, 7) is 0. The second-order valence-corrected chi connectivity index (χ2v) is 9.51. The van der Waals surface area contributed by atoms with Crippen LogP contribution in [-0.4, -0.2) is 29.5 Å². The highest BCUT2D eigenvalue weighted by Gasteiger charge is 2.34. The van der Waals surface area contributed by atoms with Gasteiger partial charge in [0.05, 0.1) is 23.3 Å². The largest absolute Gasteiger partial charge is 0.433 e. The molecule has 35 heavy (non-hydrogen) atoms. The molecule has 0 saturated carbocycles. The van der Waals surface area contributed by atoms with E-state index in [9.17, 15) is 13.2 Å². The van der Waals surface area contributed by atoms with Crippen molar-refractivity contribution in [2.75, 3.05) is 0 Å². The van der Waals surface area contributed by atoms with E-state index in [1.807, 2.05) is 48.5 Å². The number of alkyl halides is 3. The molecule has 0 amide bonds. The third kappa shape index (κ3) is 4.92. The fourth-order valence-electron chi connectivity index (χ4n) is 3.50. The van der Waals surface area contributed by atoms with E-state index in [1.54, 1.807) is 19.3 Å². The van der Waals surface area contributed by atoms with Crippen LogP contribution in [0.1, 0.15) is 5.69 Å². The third-order valence-electron chi connectivity index (χ3n) is 5.18.